The SMILES string of the molecule is CCCCCCCOc1ccc(-c2nc(C(=O)NC3(c4ccccc4)CCOCC3)n3ccccc23)cc1. The molecular weight excluding hydrogens is 474 g/mol. The van der Waals surface area contributed by atoms with Crippen LogP contribution in [0.2, 0.25) is 0 Å². The molecule has 6 nitrogen and oxygen atoms in total. The van der Waals surface area contributed by atoms with Crippen LogP contribution in [-0.4, -0.2) is 35.1 Å². The van der Waals surface area contributed by atoms with Gasteiger partial charge in [0.25, 0.3) is 5.91 Å². The molecule has 3 heterocycles. The lowest BCUT2D eigenvalue weighted by Gasteiger charge is -2.38. The van der Waals surface area contributed by atoms with Crippen molar-refractivity contribution in [2.24, 2.45) is 0 Å². The summed E-state index contributed by atoms with van der Waals surface area (Å²) >= 11 is 0. The number of fused-ring (bicyclic) bond motifs is 1. The molecule has 1 N–H and O–H groups in total. The first-order valence-corrected chi connectivity index (χ1v) is 13.9. The minimum atomic E-state index is -0.479. The first-order chi connectivity index (χ1) is 18.7. The largest absolute Gasteiger partial charge is 0.494 e. The van der Waals surface area contributed by atoms with Gasteiger partial charge >= 0.3 is 0 Å². The number of rotatable bonds is 11. The molecule has 38 heavy (non-hydrogen) atoms. The minimum absolute atomic E-state index is 0.189. The van der Waals surface area contributed by atoms with E-state index < -0.39 is 5.54 Å². The van der Waals surface area contributed by atoms with Crippen molar-refractivity contribution in [1.82, 2.24) is 14.7 Å². The number of ether oxygens (including phenoxy) is 2. The zero-order chi connectivity index (χ0) is 26.2. The predicted molar refractivity (Wildman–Crippen MR) is 151 cm³/mol. The zero-order valence-corrected chi connectivity index (χ0v) is 22.2. The van der Waals surface area contributed by atoms with Crippen molar-refractivity contribution >= 4 is 11.4 Å². The van der Waals surface area contributed by atoms with E-state index >= 15 is 0 Å². The summed E-state index contributed by atoms with van der Waals surface area (Å²) in [6.45, 7) is 4.17. The number of imidazole rings is 1. The highest BCUT2D eigenvalue weighted by Gasteiger charge is 2.37. The molecule has 0 spiro atoms. The Hall–Kier alpha value is -3.64. The van der Waals surface area contributed by atoms with E-state index in [1.807, 2.05) is 71.3 Å². The third-order valence-corrected chi connectivity index (χ3v) is 7.42. The smallest absolute Gasteiger partial charge is 0.288 e. The van der Waals surface area contributed by atoms with Crippen LogP contribution in [0.25, 0.3) is 16.8 Å². The number of benzene rings is 2. The molecule has 198 valence electrons. The molecule has 0 bridgehead atoms. The van der Waals surface area contributed by atoms with Crippen molar-refractivity contribution in [1.29, 1.82) is 0 Å². The maximum Gasteiger partial charge on any atom is 0.288 e. The third-order valence-electron chi connectivity index (χ3n) is 7.42. The summed E-state index contributed by atoms with van der Waals surface area (Å²) in [6.07, 6.45) is 9.42. The maximum atomic E-state index is 13.8. The van der Waals surface area contributed by atoms with Gasteiger partial charge in [-0.25, -0.2) is 4.98 Å². The topological polar surface area (TPSA) is 64.9 Å². The van der Waals surface area contributed by atoms with Crippen LogP contribution < -0.4 is 10.1 Å². The lowest BCUT2D eigenvalue weighted by Crippen LogP contribution is -2.49. The van der Waals surface area contributed by atoms with Gasteiger partial charge in [-0.3, -0.25) is 9.20 Å². The molecular formula is C32H37N3O3. The van der Waals surface area contributed by atoms with Crippen LogP contribution in [0.15, 0.2) is 79.0 Å². The molecule has 1 fully saturated rings. The Balaban J connectivity index is 1.36. The molecule has 2 aromatic heterocycles. The summed E-state index contributed by atoms with van der Waals surface area (Å²) in [5.41, 5.74) is 3.24. The van der Waals surface area contributed by atoms with E-state index in [0.29, 0.717) is 19.0 Å². The van der Waals surface area contributed by atoms with Crippen LogP contribution >= 0.6 is 0 Å². The van der Waals surface area contributed by atoms with E-state index in [9.17, 15) is 4.79 Å². The van der Waals surface area contributed by atoms with Gasteiger partial charge in [-0.05, 0) is 61.2 Å². The van der Waals surface area contributed by atoms with Gasteiger partial charge < -0.3 is 14.8 Å². The van der Waals surface area contributed by atoms with Crippen LogP contribution in [0.1, 0.15) is 68.1 Å². The van der Waals surface area contributed by atoms with Crippen molar-refractivity contribution < 1.29 is 14.3 Å². The second-order valence-corrected chi connectivity index (χ2v) is 10.0. The standard InChI is InChI=1S/C32H37N3O3/c1-2-3-4-5-11-22-38-27-17-15-25(16-18-27)29-28-14-9-10-21-35(28)30(33-29)31(36)34-32(19-23-37-24-20-32)26-12-7-6-8-13-26/h6-10,12-18,21H,2-5,11,19-20,22-24H2,1H3,(H,34,36). The van der Waals surface area contributed by atoms with Gasteiger partial charge in [0, 0.05) is 25.0 Å². The number of carbonyl (C=O) groups excluding carboxylic acids is 1. The van der Waals surface area contributed by atoms with Gasteiger partial charge in [-0.15, -0.1) is 0 Å². The number of unbranched alkanes of at least 4 members (excludes halogenated alkanes) is 4. The van der Waals surface area contributed by atoms with Gasteiger partial charge in [-0.2, -0.15) is 0 Å². The molecule has 1 aliphatic rings. The summed E-state index contributed by atoms with van der Waals surface area (Å²) in [6, 6.07) is 24.1. The van der Waals surface area contributed by atoms with Crippen LogP contribution in [-0.2, 0) is 10.3 Å². The van der Waals surface area contributed by atoms with E-state index in [1.54, 1.807) is 0 Å². The monoisotopic (exact) mass is 511 g/mol. The molecule has 1 amide bonds. The number of hydrogen-bond acceptors (Lipinski definition) is 4. The normalized spacial score (nSPS) is 14.9. The molecule has 0 unspecified atom stereocenters. The van der Waals surface area contributed by atoms with Crippen molar-refractivity contribution in [3.63, 3.8) is 0 Å². The van der Waals surface area contributed by atoms with Crippen LogP contribution in [0.5, 0.6) is 5.75 Å². The summed E-state index contributed by atoms with van der Waals surface area (Å²) in [5, 5.41) is 3.35. The number of hydrogen-bond donors (Lipinski definition) is 1. The molecule has 0 aliphatic carbocycles. The Morgan fingerprint density at radius 2 is 1.68 bits per heavy atom. The molecule has 1 saturated heterocycles. The maximum absolute atomic E-state index is 13.8. The summed E-state index contributed by atoms with van der Waals surface area (Å²) in [5.74, 6) is 1.05. The number of nitrogens with zero attached hydrogens (tertiary/aromatic N) is 2. The van der Waals surface area contributed by atoms with E-state index in [4.69, 9.17) is 14.5 Å². The fraction of sp³-hybridized carbons (Fsp3) is 0.375. The van der Waals surface area contributed by atoms with Gasteiger partial charge in [0.1, 0.15) is 5.75 Å². The van der Waals surface area contributed by atoms with Crippen LogP contribution in [0.4, 0.5) is 0 Å². The number of carbonyl (C=O) groups is 1. The highest BCUT2D eigenvalue weighted by Crippen LogP contribution is 2.33. The predicted octanol–water partition coefficient (Wildman–Crippen LogP) is 6.79. The number of amides is 1. The molecule has 6 heteroatoms. The molecule has 0 radical (unpaired) electrons. The Morgan fingerprint density at radius 3 is 2.45 bits per heavy atom. The van der Waals surface area contributed by atoms with Gasteiger partial charge in [0.2, 0.25) is 5.82 Å². The second kappa shape index (κ2) is 12.3. The number of pyridine rings is 1. The van der Waals surface area contributed by atoms with Crippen molar-refractivity contribution in [2.45, 2.75) is 57.4 Å². The lowest BCUT2D eigenvalue weighted by molar-refractivity contribution is 0.0342. The first kappa shape index (κ1) is 26.0. The fourth-order valence-corrected chi connectivity index (χ4v) is 5.25. The minimum Gasteiger partial charge on any atom is -0.494 e. The Kier molecular flexibility index (Phi) is 8.39. The number of aromatic nitrogens is 2. The number of nitrogens with one attached hydrogen (secondary N) is 1. The fourth-order valence-electron chi connectivity index (χ4n) is 5.25. The van der Waals surface area contributed by atoms with E-state index in [1.165, 1.54) is 25.7 Å². The molecule has 1 aliphatic heterocycles. The Labute approximate surface area is 225 Å². The van der Waals surface area contributed by atoms with E-state index in [0.717, 1.165) is 54.0 Å². The molecule has 5 rings (SSSR count). The van der Waals surface area contributed by atoms with Gasteiger partial charge in [-0.1, -0.05) is 69.0 Å². The highest BCUT2D eigenvalue weighted by molar-refractivity contribution is 5.95. The average Bonchev–Trinajstić information content (AvgIpc) is 3.36. The molecule has 4 aromatic rings. The van der Waals surface area contributed by atoms with Crippen molar-refractivity contribution in [3.8, 4) is 17.0 Å². The van der Waals surface area contributed by atoms with Crippen molar-refractivity contribution in [3.05, 3.63) is 90.4 Å². The highest BCUT2D eigenvalue weighted by atomic mass is 16.5. The Morgan fingerprint density at radius 1 is 0.947 bits per heavy atom. The Bertz CT molecular complexity index is 1330. The van der Waals surface area contributed by atoms with E-state index in [2.05, 4.69) is 24.4 Å². The second-order valence-electron chi connectivity index (χ2n) is 10.0. The average molecular weight is 512 g/mol. The quantitative estimate of drug-likeness (QED) is 0.225. The van der Waals surface area contributed by atoms with Gasteiger partial charge in [0.05, 0.1) is 23.4 Å². The molecule has 0 saturated carbocycles. The zero-order valence-electron chi connectivity index (χ0n) is 22.2. The van der Waals surface area contributed by atoms with Crippen LogP contribution in [0, 0.1) is 0 Å². The summed E-state index contributed by atoms with van der Waals surface area (Å²) in [7, 11) is 0. The van der Waals surface area contributed by atoms with Crippen molar-refractivity contribution in [2.75, 3.05) is 19.8 Å². The van der Waals surface area contributed by atoms with Gasteiger partial charge in [0.15, 0.2) is 0 Å². The molecule has 2 aromatic carbocycles. The lowest BCUT2D eigenvalue weighted by atomic mass is 9.82. The van der Waals surface area contributed by atoms with Crippen LogP contribution in [0.3, 0.4) is 0 Å². The summed E-state index contributed by atoms with van der Waals surface area (Å²) in [4.78, 5) is 18.6. The first-order valence-electron chi connectivity index (χ1n) is 13.9. The third kappa shape index (κ3) is 5.76. The molecule has 0 atom stereocenters. The van der Waals surface area contributed by atoms with E-state index in [-0.39, 0.29) is 5.91 Å². The summed E-state index contributed by atoms with van der Waals surface area (Å²) < 4.78 is 13.5.